The highest BCUT2D eigenvalue weighted by molar-refractivity contribution is 5.38. The Morgan fingerprint density at radius 3 is 2.75 bits per heavy atom. The molecule has 1 rings (SSSR count). The van der Waals surface area contributed by atoms with Gasteiger partial charge < -0.3 is 15.2 Å². The SMILES string of the molecule is N#CC(C#N)=C1NCC(CO)O1. The molecule has 1 heterocycles. The fourth-order valence-corrected chi connectivity index (χ4v) is 0.832. The summed E-state index contributed by atoms with van der Waals surface area (Å²) in [5, 5.41) is 28.2. The van der Waals surface area contributed by atoms with Gasteiger partial charge in [-0.2, -0.15) is 10.5 Å². The van der Waals surface area contributed by atoms with Crippen LogP contribution in [0.25, 0.3) is 0 Å². The van der Waals surface area contributed by atoms with Gasteiger partial charge >= 0.3 is 0 Å². The first-order valence-corrected chi connectivity index (χ1v) is 3.37. The summed E-state index contributed by atoms with van der Waals surface area (Å²) in [5.74, 6) is 0.166. The molecule has 12 heavy (non-hydrogen) atoms. The lowest BCUT2D eigenvalue weighted by Crippen LogP contribution is -2.17. The molecule has 1 unspecified atom stereocenters. The molecule has 5 heteroatoms. The van der Waals surface area contributed by atoms with Gasteiger partial charge in [-0.1, -0.05) is 0 Å². The lowest BCUT2D eigenvalue weighted by Gasteiger charge is -2.02. The third-order valence-corrected chi connectivity index (χ3v) is 1.43. The van der Waals surface area contributed by atoms with Crippen LogP contribution in [0.5, 0.6) is 0 Å². The number of allylic oxidation sites excluding steroid dienone is 1. The van der Waals surface area contributed by atoms with E-state index in [-0.39, 0.29) is 24.2 Å². The number of aliphatic hydroxyl groups is 1. The minimum Gasteiger partial charge on any atom is -0.470 e. The van der Waals surface area contributed by atoms with Crippen LogP contribution in [0.1, 0.15) is 0 Å². The predicted molar refractivity (Wildman–Crippen MR) is 38.2 cm³/mol. The van der Waals surface area contributed by atoms with Crippen LogP contribution in [0.15, 0.2) is 11.5 Å². The molecular weight excluding hydrogens is 158 g/mol. The van der Waals surface area contributed by atoms with E-state index in [0.29, 0.717) is 6.54 Å². The molecule has 0 radical (unpaired) electrons. The largest absolute Gasteiger partial charge is 0.470 e. The first-order chi connectivity index (χ1) is 5.81. The topological polar surface area (TPSA) is 89.1 Å². The Morgan fingerprint density at radius 2 is 2.33 bits per heavy atom. The fraction of sp³-hybridized carbons (Fsp3) is 0.429. The van der Waals surface area contributed by atoms with E-state index in [1.54, 1.807) is 12.1 Å². The van der Waals surface area contributed by atoms with Gasteiger partial charge in [-0.15, -0.1) is 0 Å². The second-order valence-corrected chi connectivity index (χ2v) is 2.23. The molecule has 2 N–H and O–H groups in total. The van der Waals surface area contributed by atoms with Crippen molar-refractivity contribution in [3.63, 3.8) is 0 Å². The molecule has 1 aliphatic rings. The number of ether oxygens (including phenoxy) is 1. The van der Waals surface area contributed by atoms with Crippen molar-refractivity contribution in [1.82, 2.24) is 5.32 Å². The summed E-state index contributed by atoms with van der Waals surface area (Å²) in [6, 6.07) is 3.38. The number of hydrogen-bond donors (Lipinski definition) is 2. The van der Waals surface area contributed by atoms with Crippen LogP contribution in [-0.2, 0) is 4.74 Å². The fourth-order valence-electron chi connectivity index (χ4n) is 0.832. The smallest absolute Gasteiger partial charge is 0.216 e. The first-order valence-electron chi connectivity index (χ1n) is 3.37. The van der Waals surface area contributed by atoms with E-state index < -0.39 is 0 Å². The molecule has 0 amide bonds. The Kier molecular flexibility index (Phi) is 2.52. The monoisotopic (exact) mass is 165 g/mol. The van der Waals surface area contributed by atoms with E-state index in [1.807, 2.05) is 0 Å². The van der Waals surface area contributed by atoms with Crippen LogP contribution in [0.3, 0.4) is 0 Å². The molecule has 0 saturated carbocycles. The summed E-state index contributed by atoms with van der Waals surface area (Å²) in [6.45, 7) is 0.305. The van der Waals surface area contributed by atoms with Crippen molar-refractivity contribution in [2.75, 3.05) is 13.2 Å². The van der Waals surface area contributed by atoms with Crippen molar-refractivity contribution in [1.29, 1.82) is 10.5 Å². The van der Waals surface area contributed by atoms with E-state index in [1.165, 1.54) is 0 Å². The lowest BCUT2D eigenvalue weighted by molar-refractivity contribution is 0.0975. The second-order valence-electron chi connectivity index (χ2n) is 2.23. The van der Waals surface area contributed by atoms with Gasteiger partial charge in [0.05, 0.1) is 13.2 Å². The summed E-state index contributed by atoms with van der Waals surface area (Å²) in [4.78, 5) is 0. The Bertz CT molecular complexity index is 268. The Balaban J connectivity index is 2.75. The van der Waals surface area contributed by atoms with Gasteiger partial charge in [-0.25, -0.2) is 0 Å². The van der Waals surface area contributed by atoms with Crippen LogP contribution in [0.4, 0.5) is 0 Å². The lowest BCUT2D eigenvalue weighted by atomic mass is 10.3. The number of nitriles is 2. The third-order valence-electron chi connectivity index (χ3n) is 1.43. The second kappa shape index (κ2) is 3.61. The summed E-state index contributed by atoms with van der Waals surface area (Å²) >= 11 is 0. The zero-order valence-electron chi connectivity index (χ0n) is 6.24. The molecule has 1 saturated heterocycles. The van der Waals surface area contributed by atoms with Gasteiger partial charge in [0.1, 0.15) is 18.2 Å². The number of rotatable bonds is 1. The molecule has 1 fully saturated rings. The van der Waals surface area contributed by atoms with Crippen LogP contribution in [-0.4, -0.2) is 24.4 Å². The van der Waals surface area contributed by atoms with E-state index in [4.69, 9.17) is 20.4 Å². The highest BCUT2D eigenvalue weighted by atomic mass is 16.5. The van der Waals surface area contributed by atoms with Gasteiger partial charge in [0.2, 0.25) is 5.88 Å². The average Bonchev–Trinajstić information content (AvgIpc) is 2.55. The molecule has 1 atom stereocenters. The summed E-state index contributed by atoms with van der Waals surface area (Å²) in [7, 11) is 0. The molecule has 0 spiro atoms. The summed E-state index contributed by atoms with van der Waals surface area (Å²) in [6.07, 6.45) is -0.350. The minimum absolute atomic E-state index is 0.0917. The van der Waals surface area contributed by atoms with Crippen LogP contribution < -0.4 is 5.32 Å². The van der Waals surface area contributed by atoms with Gasteiger partial charge in [0.15, 0.2) is 5.57 Å². The Hall–Kier alpha value is -1.72. The molecule has 0 aromatic heterocycles. The van der Waals surface area contributed by atoms with Gasteiger partial charge in [-0.3, -0.25) is 0 Å². The molecule has 1 aliphatic heterocycles. The molecule has 0 aliphatic carbocycles. The quantitative estimate of drug-likeness (QED) is 0.498. The van der Waals surface area contributed by atoms with E-state index in [9.17, 15) is 0 Å². The van der Waals surface area contributed by atoms with E-state index >= 15 is 0 Å². The standard InChI is InChI=1S/C7H7N3O2/c8-1-5(2-9)7-10-3-6(4-11)12-7/h6,10-11H,3-4H2. The van der Waals surface area contributed by atoms with Crippen molar-refractivity contribution in [3.05, 3.63) is 11.5 Å². The summed E-state index contributed by atoms with van der Waals surface area (Å²) in [5.41, 5.74) is -0.0917. The van der Waals surface area contributed by atoms with Gasteiger partial charge in [-0.05, 0) is 0 Å². The first kappa shape index (κ1) is 8.38. The maximum atomic E-state index is 8.66. The number of nitrogens with zero attached hydrogens (tertiary/aromatic N) is 2. The Morgan fingerprint density at radius 1 is 1.67 bits per heavy atom. The molecule has 5 nitrogen and oxygen atoms in total. The van der Waals surface area contributed by atoms with Crippen molar-refractivity contribution in [3.8, 4) is 12.1 Å². The number of nitrogens with one attached hydrogen (secondary N) is 1. The zero-order chi connectivity index (χ0) is 8.97. The van der Waals surface area contributed by atoms with Gasteiger partial charge in [0.25, 0.3) is 0 Å². The maximum Gasteiger partial charge on any atom is 0.216 e. The zero-order valence-corrected chi connectivity index (χ0v) is 6.24. The van der Waals surface area contributed by atoms with Crippen molar-refractivity contribution >= 4 is 0 Å². The predicted octanol–water partition coefficient (Wildman–Crippen LogP) is -0.774. The molecule has 0 aromatic carbocycles. The van der Waals surface area contributed by atoms with E-state index in [0.717, 1.165) is 0 Å². The molecule has 0 aromatic rings. The maximum absolute atomic E-state index is 8.66. The highest BCUT2D eigenvalue weighted by Crippen LogP contribution is 2.11. The van der Waals surface area contributed by atoms with Crippen LogP contribution in [0.2, 0.25) is 0 Å². The Labute approximate surface area is 69.5 Å². The molecular formula is C7H7N3O2. The highest BCUT2D eigenvalue weighted by Gasteiger charge is 2.21. The third kappa shape index (κ3) is 1.47. The van der Waals surface area contributed by atoms with Crippen molar-refractivity contribution in [2.24, 2.45) is 0 Å². The minimum atomic E-state index is -0.350. The van der Waals surface area contributed by atoms with Crippen molar-refractivity contribution in [2.45, 2.75) is 6.10 Å². The van der Waals surface area contributed by atoms with Crippen molar-refractivity contribution < 1.29 is 9.84 Å². The average molecular weight is 165 g/mol. The van der Waals surface area contributed by atoms with E-state index in [2.05, 4.69) is 5.32 Å². The van der Waals surface area contributed by atoms with Crippen LogP contribution in [0, 0.1) is 22.7 Å². The van der Waals surface area contributed by atoms with Crippen LogP contribution >= 0.6 is 0 Å². The van der Waals surface area contributed by atoms with Gasteiger partial charge in [0, 0.05) is 0 Å². The molecule has 0 bridgehead atoms. The normalized spacial score (nSPS) is 20.2. The molecule has 62 valence electrons. The number of aliphatic hydroxyl groups excluding tert-OH is 1. The summed E-state index contributed by atoms with van der Waals surface area (Å²) < 4.78 is 5.03. The number of hydrogen-bond acceptors (Lipinski definition) is 5.